The van der Waals surface area contributed by atoms with Crippen LogP contribution in [0.25, 0.3) is 11.1 Å². The molecule has 1 aliphatic rings. The Balaban J connectivity index is 1.83. The summed E-state index contributed by atoms with van der Waals surface area (Å²) >= 11 is 0. The highest BCUT2D eigenvalue weighted by Gasteiger charge is 2.45. The lowest BCUT2D eigenvalue weighted by molar-refractivity contribution is 0.200. The molecule has 0 bridgehead atoms. The van der Waals surface area contributed by atoms with Crippen LogP contribution in [0.4, 0.5) is 0 Å². The first-order valence-electron chi connectivity index (χ1n) is 10.4. The summed E-state index contributed by atoms with van der Waals surface area (Å²) in [5.41, 5.74) is 8.35. The predicted molar refractivity (Wildman–Crippen MR) is 121 cm³/mol. The van der Waals surface area contributed by atoms with E-state index in [0.29, 0.717) is 6.61 Å². The van der Waals surface area contributed by atoms with Crippen molar-refractivity contribution < 1.29 is 9.84 Å². The molecule has 0 unspecified atom stereocenters. The molecule has 4 aromatic rings. The maximum absolute atomic E-state index is 9.13. The van der Waals surface area contributed by atoms with Crippen molar-refractivity contribution in [1.82, 2.24) is 0 Å². The number of fused-ring (bicyclic) bond motifs is 3. The van der Waals surface area contributed by atoms with Crippen molar-refractivity contribution in [3.63, 3.8) is 0 Å². The van der Waals surface area contributed by atoms with Crippen molar-refractivity contribution in [2.45, 2.75) is 12.3 Å². The van der Waals surface area contributed by atoms with Crippen LogP contribution in [0.3, 0.4) is 0 Å². The molecule has 0 amide bonds. The largest absolute Gasteiger partial charge is 0.491 e. The lowest BCUT2D eigenvalue weighted by atomic mass is 9.67. The van der Waals surface area contributed by atoms with E-state index in [1.54, 1.807) is 0 Å². The van der Waals surface area contributed by atoms with Gasteiger partial charge < -0.3 is 9.84 Å². The first-order valence-corrected chi connectivity index (χ1v) is 10.4. The van der Waals surface area contributed by atoms with Crippen molar-refractivity contribution in [2.24, 2.45) is 0 Å². The Morgan fingerprint density at radius 1 is 0.700 bits per heavy atom. The molecular formula is C28H24O2. The van der Waals surface area contributed by atoms with Gasteiger partial charge in [0.05, 0.1) is 12.0 Å². The van der Waals surface area contributed by atoms with Crippen LogP contribution in [-0.2, 0) is 5.41 Å². The van der Waals surface area contributed by atoms with Gasteiger partial charge >= 0.3 is 0 Å². The van der Waals surface area contributed by atoms with E-state index >= 15 is 0 Å². The van der Waals surface area contributed by atoms with Gasteiger partial charge in [-0.1, -0.05) is 91.0 Å². The Bertz CT molecular complexity index is 1150. The van der Waals surface area contributed by atoms with Crippen LogP contribution in [0, 0.1) is 6.92 Å². The van der Waals surface area contributed by atoms with E-state index in [1.165, 1.54) is 33.4 Å². The van der Waals surface area contributed by atoms with Gasteiger partial charge in [0.15, 0.2) is 0 Å². The minimum atomic E-state index is -0.380. The molecule has 0 saturated heterocycles. The Labute approximate surface area is 177 Å². The fraction of sp³-hybridized carbons (Fsp3) is 0.143. The molecule has 0 spiro atoms. The van der Waals surface area contributed by atoms with E-state index in [-0.39, 0.29) is 12.0 Å². The van der Waals surface area contributed by atoms with Gasteiger partial charge in [0.25, 0.3) is 0 Å². The average molecular weight is 392 g/mol. The second-order valence-corrected chi connectivity index (χ2v) is 7.76. The van der Waals surface area contributed by atoms with Crippen LogP contribution in [0.5, 0.6) is 5.75 Å². The summed E-state index contributed by atoms with van der Waals surface area (Å²) in [6.45, 7) is 2.38. The second kappa shape index (κ2) is 7.47. The molecular weight excluding hydrogens is 368 g/mol. The molecule has 0 aromatic heterocycles. The van der Waals surface area contributed by atoms with Gasteiger partial charge in [-0.3, -0.25) is 0 Å². The van der Waals surface area contributed by atoms with E-state index in [0.717, 1.165) is 11.3 Å². The highest BCUT2D eigenvalue weighted by Crippen LogP contribution is 2.56. The number of aryl methyl sites for hydroxylation is 1. The third kappa shape index (κ3) is 2.68. The third-order valence-electron chi connectivity index (χ3n) is 6.12. The number of aliphatic hydroxyl groups excluding tert-OH is 1. The molecule has 1 aliphatic carbocycles. The molecule has 2 nitrogen and oxygen atoms in total. The zero-order valence-electron chi connectivity index (χ0n) is 17.0. The molecule has 0 fully saturated rings. The molecule has 0 atom stereocenters. The summed E-state index contributed by atoms with van der Waals surface area (Å²) in [5.74, 6) is 0.815. The number of benzene rings is 4. The molecule has 5 rings (SSSR count). The predicted octanol–water partition coefficient (Wildman–Crippen LogP) is 5.73. The molecule has 1 N–H and O–H groups in total. The third-order valence-corrected chi connectivity index (χ3v) is 6.12. The van der Waals surface area contributed by atoms with Crippen molar-refractivity contribution in [3.8, 4) is 16.9 Å². The first-order chi connectivity index (χ1) is 14.8. The summed E-state index contributed by atoms with van der Waals surface area (Å²) in [6, 6.07) is 34.7. The van der Waals surface area contributed by atoms with E-state index < -0.39 is 0 Å². The fourth-order valence-electron chi connectivity index (χ4n) is 4.91. The molecule has 0 heterocycles. The molecule has 30 heavy (non-hydrogen) atoms. The summed E-state index contributed by atoms with van der Waals surface area (Å²) in [6.07, 6.45) is 0. The Morgan fingerprint density at radius 2 is 1.30 bits per heavy atom. The van der Waals surface area contributed by atoms with Crippen LogP contribution in [-0.4, -0.2) is 18.3 Å². The minimum Gasteiger partial charge on any atom is -0.491 e. The number of aliphatic hydroxyl groups is 1. The molecule has 4 aromatic carbocycles. The second-order valence-electron chi connectivity index (χ2n) is 7.76. The van der Waals surface area contributed by atoms with Gasteiger partial charge in [-0.05, 0) is 51.9 Å². The summed E-state index contributed by atoms with van der Waals surface area (Å²) < 4.78 is 5.73. The number of rotatable bonds is 5. The normalized spacial score (nSPS) is 13.5. The number of hydrogen-bond acceptors (Lipinski definition) is 2. The highest BCUT2D eigenvalue weighted by molar-refractivity contribution is 5.86. The van der Waals surface area contributed by atoms with Gasteiger partial charge in [0.2, 0.25) is 0 Å². The SMILES string of the molecule is Cc1cc(C2(c3ccccc3)c3ccccc3-c3ccccc32)ccc1OCCO. The van der Waals surface area contributed by atoms with Crippen molar-refractivity contribution in [3.05, 3.63) is 125 Å². The lowest BCUT2D eigenvalue weighted by Gasteiger charge is -2.34. The molecule has 0 radical (unpaired) electrons. The number of ether oxygens (including phenoxy) is 1. The summed E-state index contributed by atoms with van der Waals surface area (Å²) in [4.78, 5) is 0. The zero-order valence-corrected chi connectivity index (χ0v) is 17.0. The Hall–Kier alpha value is -3.36. The maximum Gasteiger partial charge on any atom is 0.122 e. The van der Waals surface area contributed by atoms with Gasteiger partial charge in [-0.15, -0.1) is 0 Å². The lowest BCUT2D eigenvalue weighted by Crippen LogP contribution is -2.28. The topological polar surface area (TPSA) is 29.5 Å². The quantitative estimate of drug-likeness (QED) is 0.414. The van der Waals surface area contributed by atoms with Crippen molar-refractivity contribution in [1.29, 1.82) is 0 Å². The molecule has 0 saturated carbocycles. The van der Waals surface area contributed by atoms with Gasteiger partial charge in [-0.25, -0.2) is 0 Å². The smallest absolute Gasteiger partial charge is 0.122 e. The van der Waals surface area contributed by atoms with Gasteiger partial charge in [-0.2, -0.15) is 0 Å². The van der Waals surface area contributed by atoms with Crippen LogP contribution in [0.1, 0.15) is 27.8 Å². The minimum absolute atomic E-state index is 0.00982. The van der Waals surface area contributed by atoms with E-state index in [4.69, 9.17) is 9.84 Å². The molecule has 0 aliphatic heterocycles. The Morgan fingerprint density at radius 3 is 1.90 bits per heavy atom. The van der Waals surface area contributed by atoms with E-state index in [1.807, 2.05) is 6.07 Å². The Kier molecular flexibility index (Phi) is 4.65. The van der Waals surface area contributed by atoms with Crippen LogP contribution in [0.15, 0.2) is 97.1 Å². The zero-order chi connectivity index (χ0) is 20.6. The van der Waals surface area contributed by atoms with Crippen molar-refractivity contribution in [2.75, 3.05) is 13.2 Å². The first kappa shape index (κ1) is 18.7. The standard InChI is InChI=1S/C28H24O2/c1-20-19-22(15-16-27(20)30-18-17-29)28(21-9-3-2-4-10-21)25-13-7-5-11-23(25)24-12-6-8-14-26(24)28/h2-16,19,29H,17-18H2,1H3. The average Bonchev–Trinajstić information content (AvgIpc) is 3.10. The monoisotopic (exact) mass is 392 g/mol. The van der Waals surface area contributed by atoms with Gasteiger partial charge in [0.1, 0.15) is 12.4 Å². The molecule has 2 heteroatoms. The maximum atomic E-state index is 9.13. The summed E-state index contributed by atoms with van der Waals surface area (Å²) in [7, 11) is 0. The van der Waals surface area contributed by atoms with Gasteiger partial charge in [0, 0.05) is 0 Å². The van der Waals surface area contributed by atoms with Crippen LogP contribution < -0.4 is 4.74 Å². The highest BCUT2D eigenvalue weighted by atomic mass is 16.5. The van der Waals surface area contributed by atoms with E-state index in [9.17, 15) is 0 Å². The molecule has 148 valence electrons. The summed E-state index contributed by atoms with van der Waals surface area (Å²) in [5, 5.41) is 9.13. The van der Waals surface area contributed by atoms with Crippen molar-refractivity contribution >= 4 is 0 Å². The van der Waals surface area contributed by atoms with Crippen LogP contribution >= 0.6 is 0 Å². The fourth-order valence-corrected chi connectivity index (χ4v) is 4.91. The van der Waals surface area contributed by atoms with Crippen LogP contribution in [0.2, 0.25) is 0 Å². The van der Waals surface area contributed by atoms with E-state index in [2.05, 4.69) is 97.9 Å². The number of hydrogen-bond donors (Lipinski definition) is 1.